The Balaban J connectivity index is 2.42. The van der Waals surface area contributed by atoms with Crippen LogP contribution in [0.2, 0.25) is 5.02 Å². The zero-order chi connectivity index (χ0) is 13.8. The molecule has 1 unspecified atom stereocenters. The van der Waals surface area contributed by atoms with Crippen LogP contribution in [-0.2, 0) is 7.05 Å². The van der Waals surface area contributed by atoms with Gasteiger partial charge in [-0.05, 0) is 42.8 Å². The fourth-order valence-corrected chi connectivity index (χ4v) is 2.29. The van der Waals surface area contributed by atoms with Crippen molar-refractivity contribution in [2.75, 3.05) is 6.54 Å². The number of aromatic nitrogens is 2. The number of nitrogens with zero attached hydrogens (tertiary/aromatic N) is 2. The summed E-state index contributed by atoms with van der Waals surface area (Å²) in [4.78, 5) is 0. The minimum absolute atomic E-state index is 0.157. The third-order valence-corrected chi connectivity index (χ3v) is 3.37. The second kappa shape index (κ2) is 6.17. The summed E-state index contributed by atoms with van der Waals surface area (Å²) in [5.74, 6) is -0.287. The van der Waals surface area contributed by atoms with Crippen molar-refractivity contribution in [3.8, 4) is 0 Å². The Bertz CT molecular complexity index is 553. The van der Waals surface area contributed by atoms with Crippen LogP contribution in [0.4, 0.5) is 4.39 Å². The molecule has 1 aromatic heterocycles. The van der Waals surface area contributed by atoms with Crippen LogP contribution in [0.1, 0.15) is 30.6 Å². The van der Waals surface area contributed by atoms with Crippen LogP contribution in [0.3, 0.4) is 0 Å². The third-order valence-electron chi connectivity index (χ3n) is 3.02. The molecule has 2 rings (SSSR count). The lowest BCUT2D eigenvalue weighted by molar-refractivity contribution is 0.548. The highest BCUT2D eigenvalue weighted by molar-refractivity contribution is 6.31. The minimum Gasteiger partial charge on any atom is -0.305 e. The molecule has 0 radical (unpaired) electrons. The highest BCUT2D eigenvalue weighted by Gasteiger charge is 2.19. The van der Waals surface area contributed by atoms with Crippen LogP contribution < -0.4 is 5.32 Å². The Kier molecular flexibility index (Phi) is 4.56. The summed E-state index contributed by atoms with van der Waals surface area (Å²) in [5.41, 5.74) is 1.69. The van der Waals surface area contributed by atoms with E-state index in [-0.39, 0.29) is 11.9 Å². The second-order valence-corrected chi connectivity index (χ2v) is 4.84. The summed E-state index contributed by atoms with van der Waals surface area (Å²) < 4.78 is 15.2. The van der Waals surface area contributed by atoms with Gasteiger partial charge in [-0.1, -0.05) is 18.5 Å². The Morgan fingerprint density at radius 2 is 2.21 bits per heavy atom. The Morgan fingerprint density at radius 1 is 1.42 bits per heavy atom. The summed E-state index contributed by atoms with van der Waals surface area (Å²) in [6.45, 7) is 2.91. The quantitative estimate of drug-likeness (QED) is 0.911. The number of hydrogen-bond acceptors (Lipinski definition) is 2. The van der Waals surface area contributed by atoms with Crippen LogP contribution >= 0.6 is 11.6 Å². The maximum absolute atomic E-state index is 13.5. The maximum Gasteiger partial charge on any atom is 0.123 e. The van der Waals surface area contributed by atoms with Crippen LogP contribution in [0.15, 0.2) is 30.5 Å². The molecule has 1 heterocycles. The highest BCUT2D eigenvalue weighted by Crippen LogP contribution is 2.28. The number of halogens is 2. The van der Waals surface area contributed by atoms with Gasteiger partial charge in [0, 0.05) is 18.3 Å². The molecule has 1 aromatic carbocycles. The van der Waals surface area contributed by atoms with Gasteiger partial charge in [0.25, 0.3) is 0 Å². The van der Waals surface area contributed by atoms with Crippen molar-refractivity contribution in [1.82, 2.24) is 15.1 Å². The molecule has 0 saturated heterocycles. The van der Waals surface area contributed by atoms with E-state index in [0.717, 1.165) is 24.2 Å². The van der Waals surface area contributed by atoms with Gasteiger partial charge < -0.3 is 5.32 Å². The van der Waals surface area contributed by atoms with Crippen molar-refractivity contribution >= 4 is 11.6 Å². The second-order valence-electron chi connectivity index (χ2n) is 4.43. The van der Waals surface area contributed by atoms with E-state index in [1.807, 2.05) is 13.1 Å². The molecule has 2 aromatic rings. The predicted molar refractivity (Wildman–Crippen MR) is 74.8 cm³/mol. The lowest BCUT2D eigenvalue weighted by Crippen LogP contribution is -2.25. The molecule has 19 heavy (non-hydrogen) atoms. The fourth-order valence-electron chi connectivity index (χ4n) is 2.07. The number of aryl methyl sites for hydroxylation is 1. The lowest BCUT2D eigenvalue weighted by atomic mass is 10.0. The van der Waals surface area contributed by atoms with E-state index in [1.54, 1.807) is 16.9 Å². The standard InChI is InChI=1S/C14H17ClFN3/c1-3-7-17-14(13-6-8-18-19(13)2)11-9-10(16)4-5-12(11)15/h4-6,8-9,14,17H,3,7H2,1-2H3. The Hall–Kier alpha value is -1.39. The summed E-state index contributed by atoms with van der Waals surface area (Å²) >= 11 is 6.20. The number of rotatable bonds is 5. The molecule has 5 heteroatoms. The van der Waals surface area contributed by atoms with Gasteiger partial charge in [-0.15, -0.1) is 0 Å². The van der Waals surface area contributed by atoms with Crippen molar-refractivity contribution in [1.29, 1.82) is 0 Å². The smallest absolute Gasteiger partial charge is 0.123 e. The van der Waals surface area contributed by atoms with Crippen LogP contribution in [-0.4, -0.2) is 16.3 Å². The van der Waals surface area contributed by atoms with E-state index in [2.05, 4.69) is 17.3 Å². The molecular formula is C14H17ClFN3. The predicted octanol–water partition coefficient (Wildman–Crippen LogP) is 3.30. The topological polar surface area (TPSA) is 29.9 Å². The summed E-state index contributed by atoms with van der Waals surface area (Å²) in [6.07, 6.45) is 2.71. The molecule has 1 N–H and O–H groups in total. The van der Waals surface area contributed by atoms with Crippen molar-refractivity contribution in [3.63, 3.8) is 0 Å². The first-order valence-electron chi connectivity index (χ1n) is 6.29. The SMILES string of the molecule is CCCNC(c1cc(F)ccc1Cl)c1ccnn1C. The zero-order valence-corrected chi connectivity index (χ0v) is 11.8. The molecule has 0 spiro atoms. The Morgan fingerprint density at radius 3 is 2.84 bits per heavy atom. The van der Waals surface area contributed by atoms with Crippen LogP contribution in [0.5, 0.6) is 0 Å². The van der Waals surface area contributed by atoms with Gasteiger partial charge in [0.1, 0.15) is 5.82 Å². The molecule has 3 nitrogen and oxygen atoms in total. The summed E-state index contributed by atoms with van der Waals surface area (Å²) in [7, 11) is 1.86. The molecule has 0 aliphatic carbocycles. The summed E-state index contributed by atoms with van der Waals surface area (Å²) in [6, 6.07) is 6.18. The molecule has 0 fully saturated rings. The molecule has 1 atom stereocenters. The number of hydrogen-bond donors (Lipinski definition) is 1. The Labute approximate surface area is 117 Å². The maximum atomic E-state index is 13.5. The first-order chi connectivity index (χ1) is 9.13. The highest BCUT2D eigenvalue weighted by atomic mass is 35.5. The first-order valence-corrected chi connectivity index (χ1v) is 6.67. The normalized spacial score (nSPS) is 12.6. The van der Waals surface area contributed by atoms with Gasteiger partial charge in [0.05, 0.1) is 11.7 Å². The largest absolute Gasteiger partial charge is 0.305 e. The van der Waals surface area contributed by atoms with Crippen LogP contribution in [0.25, 0.3) is 0 Å². The molecule has 0 aliphatic heterocycles. The van der Waals surface area contributed by atoms with Gasteiger partial charge in [-0.3, -0.25) is 4.68 Å². The van der Waals surface area contributed by atoms with Gasteiger partial charge in [0.2, 0.25) is 0 Å². The van der Waals surface area contributed by atoms with E-state index in [9.17, 15) is 4.39 Å². The average molecular weight is 282 g/mol. The molecule has 102 valence electrons. The number of nitrogens with one attached hydrogen (secondary N) is 1. The van der Waals surface area contributed by atoms with E-state index in [0.29, 0.717) is 5.02 Å². The van der Waals surface area contributed by atoms with E-state index < -0.39 is 0 Å². The molecule has 0 amide bonds. The van der Waals surface area contributed by atoms with Crippen molar-refractivity contribution in [2.24, 2.45) is 7.05 Å². The lowest BCUT2D eigenvalue weighted by Gasteiger charge is -2.20. The summed E-state index contributed by atoms with van der Waals surface area (Å²) in [5, 5.41) is 8.10. The van der Waals surface area contributed by atoms with E-state index in [1.165, 1.54) is 12.1 Å². The van der Waals surface area contributed by atoms with Gasteiger partial charge >= 0.3 is 0 Å². The molecule has 0 bridgehead atoms. The fraction of sp³-hybridized carbons (Fsp3) is 0.357. The monoisotopic (exact) mass is 281 g/mol. The average Bonchev–Trinajstić information content (AvgIpc) is 2.80. The minimum atomic E-state index is -0.287. The van der Waals surface area contributed by atoms with Gasteiger partial charge in [-0.25, -0.2) is 4.39 Å². The third kappa shape index (κ3) is 3.14. The van der Waals surface area contributed by atoms with E-state index in [4.69, 9.17) is 11.6 Å². The molecule has 0 saturated carbocycles. The molecular weight excluding hydrogens is 265 g/mol. The van der Waals surface area contributed by atoms with Crippen molar-refractivity contribution in [2.45, 2.75) is 19.4 Å². The van der Waals surface area contributed by atoms with Gasteiger partial charge in [0.15, 0.2) is 0 Å². The van der Waals surface area contributed by atoms with Crippen molar-refractivity contribution < 1.29 is 4.39 Å². The van der Waals surface area contributed by atoms with E-state index >= 15 is 0 Å². The number of benzene rings is 1. The van der Waals surface area contributed by atoms with Gasteiger partial charge in [-0.2, -0.15) is 5.10 Å². The van der Waals surface area contributed by atoms with Crippen molar-refractivity contribution in [3.05, 3.63) is 52.6 Å². The van der Waals surface area contributed by atoms with Crippen LogP contribution in [0, 0.1) is 5.82 Å². The zero-order valence-electron chi connectivity index (χ0n) is 11.0. The first kappa shape index (κ1) is 14.0. The molecule has 0 aliphatic rings.